The third-order valence-electron chi connectivity index (χ3n) is 2.50. The molecule has 0 aliphatic carbocycles. The Morgan fingerprint density at radius 1 is 1.31 bits per heavy atom. The van der Waals surface area contributed by atoms with Gasteiger partial charge in [-0.1, -0.05) is 33.8 Å². The minimum Gasteiger partial charge on any atom is -0.261 e. The van der Waals surface area contributed by atoms with Crippen LogP contribution in [0.5, 0.6) is 0 Å². The molecule has 0 fully saturated rings. The molecular weight excluding hydrogens is 158 g/mol. The average Bonchev–Trinajstić information content (AvgIpc) is 2.05. The zero-order chi connectivity index (χ0) is 9.90. The van der Waals surface area contributed by atoms with E-state index in [1.165, 1.54) is 5.69 Å². The van der Waals surface area contributed by atoms with Crippen LogP contribution in [0.2, 0.25) is 0 Å². The summed E-state index contributed by atoms with van der Waals surface area (Å²) in [6.45, 7) is 9.05. The molecule has 0 unspecified atom stereocenters. The Morgan fingerprint density at radius 2 is 2.00 bits per heavy atom. The van der Waals surface area contributed by atoms with E-state index in [1.807, 2.05) is 12.3 Å². The average molecular weight is 177 g/mol. The van der Waals surface area contributed by atoms with Crippen molar-refractivity contribution in [1.82, 2.24) is 4.98 Å². The van der Waals surface area contributed by atoms with Crippen LogP contribution < -0.4 is 0 Å². The Labute approximate surface area is 81.2 Å². The second-order valence-corrected chi connectivity index (χ2v) is 4.58. The molecule has 0 radical (unpaired) electrons. The summed E-state index contributed by atoms with van der Waals surface area (Å²) in [5.41, 5.74) is 1.53. The first-order chi connectivity index (χ1) is 6.05. The lowest BCUT2D eigenvalue weighted by atomic mass is 9.77. The Morgan fingerprint density at radius 3 is 2.38 bits per heavy atom. The van der Waals surface area contributed by atoms with Crippen LogP contribution >= 0.6 is 0 Å². The van der Waals surface area contributed by atoms with Gasteiger partial charge in [-0.15, -0.1) is 0 Å². The summed E-state index contributed by atoms with van der Waals surface area (Å²) in [5, 5.41) is 0. The zero-order valence-electron chi connectivity index (χ0n) is 9.04. The van der Waals surface area contributed by atoms with E-state index in [1.54, 1.807) is 0 Å². The first-order valence-electron chi connectivity index (χ1n) is 4.96. The lowest BCUT2D eigenvalue weighted by Crippen LogP contribution is -2.18. The smallest absolute Gasteiger partial charge is 0.0439 e. The summed E-state index contributed by atoms with van der Waals surface area (Å²) in [4.78, 5) is 4.42. The van der Waals surface area contributed by atoms with Gasteiger partial charge < -0.3 is 0 Å². The van der Waals surface area contributed by atoms with Crippen molar-refractivity contribution in [3.8, 4) is 0 Å². The third kappa shape index (κ3) is 2.55. The van der Waals surface area contributed by atoms with Crippen molar-refractivity contribution in [3.63, 3.8) is 0 Å². The van der Waals surface area contributed by atoms with Crippen LogP contribution in [0.1, 0.15) is 45.7 Å². The number of rotatable bonds is 2. The normalized spacial score (nSPS) is 14.2. The highest BCUT2D eigenvalue weighted by Gasteiger charge is 2.24. The third-order valence-corrected chi connectivity index (χ3v) is 2.50. The van der Waals surface area contributed by atoms with Gasteiger partial charge in [-0.3, -0.25) is 4.98 Å². The fraction of sp³-hybridized carbons (Fsp3) is 0.583. The molecular formula is C12H19N. The summed E-state index contributed by atoms with van der Waals surface area (Å²) in [6, 6.07) is 6.16. The standard InChI is InChI=1S/C12H19N/c1-5-10(12(2,3)4)11-8-6-7-9-13-11/h6-10H,5H2,1-4H3/t10-/m1/s1. The van der Waals surface area contributed by atoms with Gasteiger partial charge in [0.2, 0.25) is 0 Å². The van der Waals surface area contributed by atoms with Gasteiger partial charge in [0, 0.05) is 17.8 Å². The summed E-state index contributed by atoms with van der Waals surface area (Å²) >= 11 is 0. The summed E-state index contributed by atoms with van der Waals surface area (Å²) in [6.07, 6.45) is 3.03. The Kier molecular flexibility index (Phi) is 3.07. The van der Waals surface area contributed by atoms with Crippen LogP contribution in [0.3, 0.4) is 0 Å². The van der Waals surface area contributed by atoms with E-state index in [4.69, 9.17) is 0 Å². The summed E-state index contributed by atoms with van der Waals surface area (Å²) in [5.74, 6) is 0.564. The number of aromatic nitrogens is 1. The second-order valence-electron chi connectivity index (χ2n) is 4.58. The monoisotopic (exact) mass is 177 g/mol. The number of hydrogen-bond acceptors (Lipinski definition) is 1. The molecule has 1 heterocycles. The van der Waals surface area contributed by atoms with Crippen molar-refractivity contribution in [3.05, 3.63) is 30.1 Å². The van der Waals surface area contributed by atoms with Crippen molar-refractivity contribution in [1.29, 1.82) is 0 Å². The first kappa shape index (κ1) is 10.2. The minimum absolute atomic E-state index is 0.309. The zero-order valence-corrected chi connectivity index (χ0v) is 9.04. The maximum absolute atomic E-state index is 4.42. The van der Waals surface area contributed by atoms with Gasteiger partial charge in [0.05, 0.1) is 0 Å². The molecule has 1 atom stereocenters. The lowest BCUT2D eigenvalue weighted by Gasteiger charge is -2.29. The van der Waals surface area contributed by atoms with E-state index in [2.05, 4.69) is 44.8 Å². The first-order valence-corrected chi connectivity index (χ1v) is 4.96. The minimum atomic E-state index is 0.309. The molecule has 1 heteroatoms. The predicted molar refractivity (Wildman–Crippen MR) is 56.7 cm³/mol. The van der Waals surface area contributed by atoms with Crippen molar-refractivity contribution in [2.75, 3.05) is 0 Å². The molecule has 0 aliphatic heterocycles. The summed E-state index contributed by atoms with van der Waals surface area (Å²) < 4.78 is 0. The number of hydrogen-bond donors (Lipinski definition) is 0. The Hall–Kier alpha value is -0.850. The molecule has 1 aromatic heterocycles. The molecule has 1 nitrogen and oxygen atoms in total. The molecule has 1 rings (SSSR count). The molecule has 72 valence electrons. The molecule has 0 spiro atoms. The van der Waals surface area contributed by atoms with E-state index in [9.17, 15) is 0 Å². The molecule has 13 heavy (non-hydrogen) atoms. The van der Waals surface area contributed by atoms with Gasteiger partial charge in [0.1, 0.15) is 0 Å². The molecule has 0 N–H and O–H groups in total. The highest BCUT2D eigenvalue weighted by molar-refractivity contribution is 5.11. The van der Waals surface area contributed by atoms with Crippen molar-refractivity contribution in [2.45, 2.75) is 40.0 Å². The van der Waals surface area contributed by atoms with Gasteiger partial charge in [-0.2, -0.15) is 0 Å². The van der Waals surface area contributed by atoms with E-state index in [-0.39, 0.29) is 0 Å². The van der Waals surface area contributed by atoms with Gasteiger partial charge in [-0.05, 0) is 24.0 Å². The number of nitrogens with zero attached hydrogens (tertiary/aromatic N) is 1. The number of pyridine rings is 1. The molecule has 0 bridgehead atoms. The van der Waals surface area contributed by atoms with Gasteiger partial charge >= 0.3 is 0 Å². The fourth-order valence-electron chi connectivity index (χ4n) is 1.85. The van der Waals surface area contributed by atoms with Crippen LogP contribution in [-0.2, 0) is 0 Å². The highest BCUT2D eigenvalue weighted by Crippen LogP contribution is 2.36. The van der Waals surface area contributed by atoms with Crippen LogP contribution in [0.25, 0.3) is 0 Å². The molecule has 0 aliphatic rings. The van der Waals surface area contributed by atoms with E-state index in [0.29, 0.717) is 11.3 Å². The summed E-state index contributed by atoms with van der Waals surface area (Å²) in [7, 11) is 0. The largest absolute Gasteiger partial charge is 0.261 e. The lowest BCUT2D eigenvalue weighted by molar-refractivity contribution is 0.307. The highest BCUT2D eigenvalue weighted by atomic mass is 14.7. The van der Waals surface area contributed by atoms with Crippen LogP contribution in [0, 0.1) is 5.41 Å². The molecule has 0 saturated heterocycles. The quantitative estimate of drug-likeness (QED) is 0.672. The van der Waals surface area contributed by atoms with E-state index in [0.717, 1.165) is 6.42 Å². The van der Waals surface area contributed by atoms with Gasteiger partial charge in [0.25, 0.3) is 0 Å². The van der Waals surface area contributed by atoms with E-state index >= 15 is 0 Å². The molecule has 1 aromatic rings. The SMILES string of the molecule is CC[C@H](c1ccccn1)C(C)(C)C. The van der Waals surface area contributed by atoms with Crippen molar-refractivity contribution >= 4 is 0 Å². The van der Waals surface area contributed by atoms with Gasteiger partial charge in [0.15, 0.2) is 0 Å². The molecule has 0 aromatic carbocycles. The van der Waals surface area contributed by atoms with Crippen LogP contribution in [0.15, 0.2) is 24.4 Å². The van der Waals surface area contributed by atoms with Crippen molar-refractivity contribution < 1.29 is 0 Å². The van der Waals surface area contributed by atoms with Gasteiger partial charge in [-0.25, -0.2) is 0 Å². The molecule has 0 amide bonds. The molecule has 0 saturated carbocycles. The maximum atomic E-state index is 4.42. The van der Waals surface area contributed by atoms with Crippen LogP contribution in [-0.4, -0.2) is 4.98 Å². The predicted octanol–water partition coefficient (Wildman–Crippen LogP) is 3.62. The topological polar surface area (TPSA) is 12.9 Å². The Balaban J connectivity index is 2.92. The fourth-order valence-corrected chi connectivity index (χ4v) is 1.85. The second kappa shape index (κ2) is 3.91. The van der Waals surface area contributed by atoms with Crippen molar-refractivity contribution in [2.24, 2.45) is 5.41 Å². The van der Waals surface area contributed by atoms with Crippen LogP contribution in [0.4, 0.5) is 0 Å². The van der Waals surface area contributed by atoms with E-state index < -0.39 is 0 Å². The Bertz CT molecular complexity index is 246. The maximum Gasteiger partial charge on any atom is 0.0439 e.